The van der Waals surface area contributed by atoms with Gasteiger partial charge in [0, 0.05) is 6.54 Å². The van der Waals surface area contributed by atoms with Crippen molar-refractivity contribution in [1.82, 2.24) is 5.32 Å². The minimum atomic E-state index is 0.916. The number of hydrogen-bond donors (Lipinski definition) is 1. The van der Waals surface area contributed by atoms with Crippen molar-refractivity contribution in [3.05, 3.63) is 72.3 Å². The molecule has 3 aromatic rings. The van der Waals surface area contributed by atoms with Crippen molar-refractivity contribution in [2.24, 2.45) is 0 Å². The Morgan fingerprint density at radius 1 is 0.800 bits per heavy atom. The van der Waals surface area contributed by atoms with E-state index in [-0.39, 0.29) is 0 Å². The van der Waals surface area contributed by atoms with Gasteiger partial charge in [-0.1, -0.05) is 67.6 Å². The van der Waals surface area contributed by atoms with Crippen molar-refractivity contribution in [1.29, 1.82) is 0 Å². The van der Waals surface area contributed by atoms with Gasteiger partial charge in [-0.15, -0.1) is 0 Å². The highest BCUT2D eigenvalue weighted by Gasteiger charge is 2.04. The fourth-order valence-corrected chi connectivity index (χ4v) is 2.57. The van der Waals surface area contributed by atoms with E-state index in [1.807, 2.05) is 0 Å². The summed E-state index contributed by atoms with van der Waals surface area (Å²) in [6, 6.07) is 23.8. The summed E-state index contributed by atoms with van der Waals surface area (Å²) in [6.45, 7) is 4.05. The lowest BCUT2D eigenvalue weighted by Crippen LogP contribution is -2.12. The molecule has 1 N–H and O–H groups in total. The molecule has 0 amide bonds. The van der Waals surface area contributed by atoms with E-state index < -0.39 is 0 Å². The first kappa shape index (κ1) is 12.9. The minimum Gasteiger partial charge on any atom is -0.313 e. The molecule has 1 nitrogen and oxygen atoms in total. The maximum absolute atomic E-state index is 3.41. The molecule has 0 bridgehead atoms. The molecule has 0 aromatic heterocycles. The third kappa shape index (κ3) is 2.59. The second kappa shape index (κ2) is 5.89. The first-order valence-electron chi connectivity index (χ1n) is 7.16. The third-order valence-corrected chi connectivity index (χ3v) is 3.64. The highest BCUT2D eigenvalue weighted by Crippen LogP contribution is 2.27. The highest BCUT2D eigenvalue weighted by molar-refractivity contribution is 5.87. The molecular weight excluding hydrogens is 242 g/mol. The molecule has 0 aliphatic carbocycles. The van der Waals surface area contributed by atoms with Gasteiger partial charge < -0.3 is 5.32 Å². The van der Waals surface area contributed by atoms with Gasteiger partial charge >= 0.3 is 0 Å². The SMILES string of the molecule is CCNCc1ccccc1-c1ccc2ccccc2c1. The Labute approximate surface area is 120 Å². The molecule has 100 valence electrons. The predicted octanol–water partition coefficient (Wildman–Crippen LogP) is 4.62. The second-order valence-corrected chi connectivity index (χ2v) is 5.00. The Kier molecular flexibility index (Phi) is 3.80. The van der Waals surface area contributed by atoms with E-state index in [4.69, 9.17) is 0 Å². The molecule has 0 unspecified atom stereocenters. The highest BCUT2D eigenvalue weighted by atomic mass is 14.8. The van der Waals surface area contributed by atoms with E-state index in [0.29, 0.717) is 0 Å². The van der Waals surface area contributed by atoms with Crippen molar-refractivity contribution < 1.29 is 0 Å². The molecule has 20 heavy (non-hydrogen) atoms. The fraction of sp³-hybridized carbons (Fsp3) is 0.158. The maximum atomic E-state index is 3.41. The monoisotopic (exact) mass is 261 g/mol. The van der Waals surface area contributed by atoms with Crippen molar-refractivity contribution in [3.8, 4) is 11.1 Å². The zero-order valence-corrected chi connectivity index (χ0v) is 11.8. The van der Waals surface area contributed by atoms with Crippen LogP contribution >= 0.6 is 0 Å². The average molecular weight is 261 g/mol. The lowest BCUT2D eigenvalue weighted by atomic mass is 9.97. The Bertz CT molecular complexity index is 716. The van der Waals surface area contributed by atoms with Crippen LogP contribution in [-0.4, -0.2) is 6.54 Å². The number of rotatable bonds is 4. The molecule has 0 aliphatic rings. The summed E-state index contributed by atoms with van der Waals surface area (Å²) in [5.74, 6) is 0. The van der Waals surface area contributed by atoms with Crippen LogP contribution in [0.5, 0.6) is 0 Å². The molecule has 0 spiro atoms. The van der Waals surface area contributed by atoms with Crippen LogP contribution in [0.3, 0.4) is 0 Å². The lowest BCUT2D eigenvalue weighted by molar-refractivity contribution is 0.728. The third-order valence-electron chi connectivity index (χ3n) is 3.64. The summed E-state index contributed by atoms with van der Waals surface area (Å²) in [4.78, 5) is 0. The maximum Gasteiger partial charge on any atom is 0.0211 e. The summed E-state index contributed by atoms with van der Waals surface area (Å²) in [5.41, 5.74) is 3.96. The van der Waals surface area contributed by atoms with E-state index in [1.54, 1.807) is 0 Å². The van der Waals surface area contributed by atoms with Gasteiger partial charge in [-0.05, 0) is 40.1 Å². The zero-order chi connectivity index (χ0) is 13.8. The van der Waals surface area contributed by atoms with Gasteiger partial charge in [0.15, 0.2) is 0 Å². The number of nitrogens with one attached hydrogen (secondary N) is 1. The van der Waals surface area contributed by atoms with Crippen LogP contribution in [0.25, 0.3) is 21.9 Å². The molecule has 3 aromatic carbocycles. The van der Waals surface area contributed by atoms with Gasteiger partial charge in [-0.2, -0.15) is 0 Å². The summed E-state index contributed by atoms with van der Waals surface area (Å²) < 4.78 is 0. The summed E-state index contributed by atoms with van der Waals surface area (Å²) in [7, 11) is 0. The second-order valence-electron chi connectivity index (χ2n) is 5.00. The molecule has 0 saturated heterocycles. The van der Waals surface area contributed by atoms with Gasteiger partial charge in [-0.3, -0.25) is 0 Å². The van der Waals surface area contributed by atoms with Crippen LogP contribution in [0.1, 0.15) is 12.5 Å². The Morgan fingerprint density at radius 3 is 2.40 bits per heavy atom. The van der Waals surface area contributed by atoms with Crippen LogP contribution in [-0.2, 0) is 6.54 Å². The lowest BCUT2D eigenvalue weighted by Gasteiger charge is -2.11. The number of benzene rings is 3. The van der Waals surface area contributed by atoms with Crippen LogP contribution in [0.2, 0.25) is 0 Å². The van der Waals surface area contributed by atoms with E-state index in [1.165, 1.54) is 27.5 Å². The first-order valence-corrected chi connectivity index (χ1v) is 7.16. The minimum absolute atomic E-state index is 0.916. The Balaban J connectivity index is 2.06. The van der Waals surface area contributed by atoms with Gasteiger partial charge in [0.1, 0.15) is 0 Å². The predicted molar refractivity (Wildman–Crippen MR) is 86.8 cm³/mol. The van der Waals surface area contributed by atoms with Crippen LogP contribution in [0.4, 0.5) is 0 Å². The molecule has 1 heteroatoms. The molecule has 3 rings (SSSR count). The van der Waals surface area contributed by atoms with Gasteiger partial charge in [-0.25, -0.2) is 0 Å². The average Bonchev–Trinajstić information content (AvgIpc) is 2.53. The largest absolute Gasteiger partial charge is 0.313 e. The van der Waals surface area contributed by atoms with E-state index in [0.717, 1.165) is 13.1 Å². The summed E-state index contributed by atoms with van der Waals surface area (Å²) in [6.07, 6.45) is 0. The molecule has 0 aliphatic heterocycles. The number of fused-ring (bicyclic) bond motifs is 1. The molecule has 0 fully saturated rings. The van der Waals surface area contributed by atoms with E-state index in [2.05, 4.69) is 79.0 Å². The van der Waals surface area contributed by atoms with Gasteiger partial charge in [0.05, 0.1) is 0 Å². The standard InChI is InChI=1S/C19H19N/c1-2-20-14-18-9-5-6-10-19(18)17-12-11-15-7-3-4-8-16(15)13-17/h3-13,20H,2,14H2,1H3. The van der Waals surface area contributed by atoms with Crippen molar-refractivity contribution in [2.45, 2.75) is 13.5 Å². The van der Waals surface area contributed by atoms with Crippen LogP contribution in [0, 0.1) is 0 Å². The fourth-order valence-electron chi connectivity index (χ4n) is 2.57. The van der Waals surface area contributed by atoms with Crippen molar-refractivity contribution in [3.63, 3.8) is 0 Å². The van der Waals surface area contributed by atoms with E-state index >= 15 is 0 Å². The smallest absolute Gasteiger partial charge is 0.0211 e. The van der Waals surface area contributed by atoms with Crippen molar-refractivity contribution >= 4 is 10.8 Å². The molecule has 0 atom stereocenters. The van der Waals surface area contributed by atoms with Crippen LogP contribution < -0.4 is 5.32 Å². The van der Waals surface area contributed by atoms with Crippen molar-refractivity contribution in [2.75, 3.05) is 6.54 Å². The topological polar surface area (TPSA) is 12.0 Å². The molecular formula is C19H19N. The molecule has 0 saturated carbocycles. The summed E-state index contributed by atoms with van der Waals surface area (Å²) in [5, 5.41) is 6.00. The Morgan fingerprint density at radius 2 is 1.55 bits per heavy atom. The number of hydrogen-bond acceptors (Lipinski definition) is 1. The molecule has 0 heterocycles. The van der Waals surface area contributed by atoms with E-state index in [9.17, 15) is 0 Å². The Hall–Kier alpha value is -2.12. The quantitative estimate of drug-likeness (QED) is 0.722. The zero-order valence-electron chi connectivity index (χ0n) is 11.8. The first-order chi connectivity index (χ1) is 9.88. The normalized spacial score (nSPS) is 10.8. The van der Waals surface area contributed by atoms with Crippen LogP contribution in [0.15, 0.2) is 66.7 Å². The van der Waals surface area contributed by atoms with Gasteiger partial charge in [0.2, 0.25) is 0 Å². The van der Waals surface area contributed by atoms with Gasteiger partial charge in [0.25, 0.3) is 0 Å². The molecule has 0 radical (unpaired) electrons. The summed E-state index contributed by atoms with van der Waals surface area (Å²) >= 11 is 0.